The first-order valence-corrected chi connectivity index (χ1v) is 5.82. The van der Waals surface area contributed by atoms with Crippen LogP contribution in [0.2, 0.25) is 0 Å². The Hall–Kier alpha value is -1.22. The zero-order valence-electron chi connectivity index (χ0n) is 8.95. The van der Waals surface area contributed by atoms with E-state index >= 15 is 0 Å². The lowest BCUT2D eigenvalue weighted by Crippen LogP contribution is -2.07. The van der Waals surface area contributed by atoms with Gasteiger partial charge in [0.15, 0.2) is 0 Å². The van der Waals surface area contributed by atoms with Crippen LogP contribution in [0, 0.1) is 0 Å². The number of ether oxygens (including phenoxy) is 1. The van der Waals surface area contributed by atoms with E-state index in [0.717, 1.165) is 10.5 Å². The quantitative estimate of drug-likeness (QED) is 0.445. The van der Waals surface area contributed by atoms with Gasteiger partial charge in [-0.25, -0.2) is 4.79 Å². The molecule has 0 saturated carbocycles. The van der Waals surface area contributed by atoms with Crippen molar-refractivity contribution in [3.63, 3.8) is 0 Å². The van der Waals surface area contributed by atoms with E-state index in [1.54, 1.807) is 6.07 Å². The Labute approximate surface area is 94.3 Å². The minimum absolute atomic E-state index is 0.279. The Morgan fingerprint density at radius 3 is 2.73 bits per heavy atom. The van der Waals surface area contributed by atoms with Crippen LogP contribution >= 0.6 is 11.8 Å². The molecule has 0 aliphatic carbocycles. The van der Waals surface area contributed by atoms with Gasteiger partial charge in [-0.05, 0) is 30.9 Å². The van der Waals surface area contributed by atoms with Crippen LogP contribution in [0.5, 0.6) is 0 Å². The molecule has 1 aromatic carbocycles. The molecule has 15 heavy (non-hydrogen) atoms. The van der Waals surface area contributed by atoms with E-state index in [-0.39, 0.29) is 12.6 Å². The van der Waals surface area contributed by atoms with Gasteiger partial charge in [-0.2, -0.15) is 0 Å². The Balaban J connectivity index is 2.77. The summed E-state index contributed by atoms with van der Waals surface area (Å²) in [5, 5.41) is 0. The summed E-state index contributed by atoms with van der Waals surface area (Å²) in [6.45, 7) is 5.79. The van der Waals surface area contributed by atoms with Crippen molar-refractivity contribution >= 4 is 17.7 Å². The van der Waals surface area contributed by atoms with Crippen LogP contribution in [0.3, 0.4) is 0 Å². The van der Waals surface area contributed by atoms with Gasteiger partial charge in [-0.15, -0.1) is 11.8 Å². The molecular weight excluding hydrogens is 208 g/mol. The molecule has 1 aromatic rings. The number of thioether (sulfide) groups is 1. The van der Waals surface area contributed by atoms with Crippen molar-refractivity contribution in [1.29, 1.82) is 0 Å². The normalized spacial score (nSPS) is 9.73. The van der Waals surface area contributed by atoms with E-state index < -0.39 is 0 Å². The lowest BCUT2D eigenvalue weighted by atomic mass is 10.2. The van der Waals surface area contributed by atoms with E-state index in [0.29, 0.717) is 5.56 Å². The van der Waals surface area contributed by atoms with Crippen LogP contribution in [-0.4, -0.2) is 18.8 Å². The standard InChI is InChI=1S/C12H14O2S/c1-9(2)8-14-12(13)10-6-4-5-7-11(10)15-3/h4-7H,1,8H2,2-3H3. The number of esters is 1. The molecule has 0 amide bonds. The summed E-state index contributed by atoms with van der Waals surface area (Å²) in [4.78, 5) is 12.6. The van der Waals surface area contributed by atoms with Crippen molar-refractivity contribution < 1.29 is 9.53 Å². The minimum atomic E-state index is -0.289. The molecule has 0 heterocycles. The summed E-state index contributed by atoms with van der Waals surface area (Å²) in [5.74, 6) is -0.289. The molecule has 1 rings (SSSR count). The van der Waals surface area contributed by atoms with Crippen molar-refractivity contribution in [3.05, 3.63) is 42.0 Å². The van der Waals surface area contributed by atoms with Crippen LogP contribution < -0.4 is 0 Å². The van der Waals surface area contributed by atoms with Crippen LogP contribution in [0.4, 0.5) is 0 Å². The predicted octanol–water partition coefficient (Wildman–Crippen LogP) is 3.14. The average Bonchev–Trinajstić information content (AvgIpc) is 2.25. The fraction of sp³-hybridized carbons (Fsp3) is 0.250. The van der Waals surface area contributed by atoms with Crippen LogP contribution in [-0.2, 0) is 4.74 Å². The van der Waals surface area contributed by atoms with Crippen molar-refractivity contribution in [2.75, 3.05) is 12.9 Å². The summed E-state index contributed by atoms with van der Waals surface area (Å²) in [7, 11) is 0. The van der Waals surface area contributed by atoms with Gasteiger partial charge in [0.2, 0.25) is 0 Å². The molecular formula is C12H14O2S. The lowest BCUT2D eigenvalue weighted by molar-refractivity contribution is 0.0536. The highest BCUT2D eigenvalue weighted by Gasteiger charge is 2.11. The van der Waals surface area contributed by atoms with Crippen molar-refractivity contribution in [1.82, 2.24) is 0 Å². The number of rotatable bonds is 4. The first-order chi connectivity index (χ1) is 7.15. The molecule has 80 valence electrons. The Morgan fingerprint density at radius 2 is 2.13 bits per heavy atom. The molecule has 0 N–H and O–H groups in total. The Morgan fingerprint density at radius 1 is 1.47 bits per heavy atom. The molecule has 0 aliphatic rings. The minimum Gasteiger partial charge on any atom is -0.458 e. The second-order valence-corrected chi connectivity index (χ2v) is 4.08. The average molecular weight is 222 g/mol. The fourth-order valence-electron chi connectivity index (χ4n) is 1.08. The molecule has 0 aliphatic heterocycles. The van der Waals surface area contributed by atoms with E-state index in [1.165, 1.54) is 11.8 Å². The highest BCUT2D eigenvalue weighted by atomic mass is 32.2. The summed E-state index contributed by atoms with van der Waals surface area (Å²) < 4.78 is 5.08. The van der Waals surface area contributed by atoms with Gasteiger partial charge in [-0.1, -0.05) is 18.7 Å². The molecule has 0 bridgehead atoms. The molecule has 0 unspecified atom stereocenters. The maximum Gasteiger partial charge on any atom is 0.339 e. The van der Waals surface area contributed by atoms with Gasteiger partial charge < -0.3 is 4.74 Å². The van der Waals surface area contributed by atoms with Gasteiger partial charge in [0, 0.05) is 4.90 Å². The van der Waals surface area contributed by atoms with Crippen molar-refractivity contribution in [2.24, 2.45) is 0 Å². The van der Waals surface area contributed by atoms with E-state index in [4.69, 9.17) is 4.74 Å². The zero-order valence-corrected chi connectivity index (χ0v) is 9.76. The number of benzene rings is 1. The third kappa shape index (κ3) is 3.44. The monoisotopic (exact) mass is 222 g/mol. The predicted molar refractivity (Wildman–Crippen MR) is 63.3 cm³/mol. The van der Waals surface area contributed by atoms with Gasteiger partial charge in [0.25, 0.3) is 0 Å². The highest BCUT2D eigenvalue weighted by molar-refractivity contribution is 7.98. The van der Waals surface area contributed by atoms with Crippen LogP contribution in [0.25, 0.3) is 0 Å². The molecule has 3 heteroatoms. The van der Waals surface area contributed by atoms with Gasteiger partial charge >= 0.3 is 5.97 Å². The molecule has 0 radical (unpaired) electrons. The maximum absolute atomic E-state index is 11.7. The first-order valence-electron chi connectivity index (χ1n) is 4.59. The molecule has 0 aromatic heterocycles. The van der Waals surface area contributed by atoms with Crippen molar-refractivity contribution in [3.8, 4) is 0 Å². The second kappa shape index (κ2) is 5.61. The number of hydrogen-bond acceptors (Lipinski definition) is 3. The van der Waals surface area contributed by atoms with Crippen molar-refractivity contribution in [2.45, 2.75) is 11.8 Å². The summed E-state index contributed by atoms with van der Waals surface area (Å²) in [6.07, 6.45) is 1.94. The smallest absolute Gasteiger partial charge is 0.339 e. The summed E-state index contributed by atoms with van der Waals surface area (Å²) in [6, 6.07) is 7.41. The third-order valence-electron chi connectivity index (χ3n) is 1.78. The van der Waals surface area contributed by atoms with Gasteiger partial charge in [-0.3, -0.25) is 0 Å². The summed E-state index contributed by atoms with van der Waals surface area (Å²) in [5.41, 5.74) is 1.45. The van der Waals surface area contributed by atoms with Crippen LogP contribution in [0.15, 0.2) is 41.3 Å². The first kappa shape index (κ1) is 11.9. The second-order valence-electron chi connectivity index (χ2n) is 3.23. The maximum atomic E-state index is 11.7. The zero-order chi connectivity index (χ0) is 11.3. The SMILES string of the molecule is C=C(C)COC(=O)c1ccccc1SC. The van der Waals surface area contributed by atoms with E-state index in [9.17, 15) is 4.79 Å². The van der Waals surface area contributed by atoms with Gasteiger partial charge in [0.1, 0.15) is 6.61 Å². The molecule has 0 saturated heterocycles. The fourth-order valence-corrected chi connectivity index (χ4v) is 1.67. The molecule has 0 atom stereocenters. The largest absolute Gasteiger partial charge is 0.458 e. The lowest BCUT2D eigenvalue weighted by Gasteiger charge is -2.07. The Kier molecular flexibility index (Phi) is 4.43. The topological polar surface area (TPSA) is 26.3 Å². The third-order valence-corrected chi connectivity index (χ3v) is 2.57. The number of hydrogen-bond donors (Lipinski definition) is 0. The van der Waals surface area contributed by atoms with E-state index in [2.05, 4.69) is 6.58 Å². The molecule has 2 nitrogen and oxygen atoms in total. The summed E-state index contributed by atoms with van der Waals surface area (Å²) >= 11 is 1.53. The van der Waals surface area contributed by atoms with E-state index in [1.807, 2.05) is 31.4 Å². The molecule has 0 spiro atoms. The molecule has 0 fully saturated rings. The van der Waals surface area contributed by atoms with Crippen LogP contribution in [0.1, 0.15) is 17.3 Å². The van der Waals surface area contributed by atoms with Gasteiger partial charge in [0.05, 0.1) is 5.56 Å². The number of carbonyl (C=O) groups is 1. The number of carbonyl (C=O) groups excluding carboxylic acids is 1. The Bertz CT molecular complexity index is 372. The highest BCUT2D eigenvalue weighted by Crippen LogP contribution is 2.20.